The maximum atomic E-state index is 15.5. The van der Waals surface area contributed by atoms with Crippen LogP contribution in [0.1, 0.15) is 71.8 Å². The number of carbonyl (C=O) groups excluding carboxylic acids is 2. The van der Waals surface area contributed by atoms with E-state index in [1.165, 1.54) is 31.4 Å². The number of fused-ring (bicyclic) bond motifs is 2. The smallest absolute Gasteiger partial charge is 0.407 e. The number of methoxy groups -OCH3 is 1. The number of piperazine rings is 1. The standard InChI is InChI=1S/C35H50F2N4O6S/c1-21-17-24(18-22(2)47-21)31(23-9-11-25(36)12-10-23)32(40-34(43)46-5)33(42)39-30-8-6-7-29(37)28(30)14-13-27-19-38-26-15-16-35(3,4)48(44,45)41(27)20-26/h6-9,11-12,21-24,26-27,31-32,38H,10,13-20H2,1-5H3,(H,39,42)(H,40,43). The fourth-order valence-electron chi connectivity index (χ4n) is 8.05. The average molecular weight is 693 g/mol. The fourth-order valence-corrected chi connectivity index (χ4v) is 10.0. The van der Waals surface area contributed by atoms with Crippen LogP contribution < -0.4 is 16.0 Å². The molecule has 0 radical (unpaired) electrons. The van der Waals surface area contributed by atoms with E-state index in [0.717, 1.165) is 6.42 Å². The van der Waals surface area contributed by atoms with Gasteiger partial charge in [-0.3, -0.25) is 4.79 Å². The van der Waals surface area contributed by atoms with E-state index in [9.17, 15) is 22.4 Å². The monoisotopic (exact) mass is 692 g/mol. The Morgan fingerprint density at radius 2 is 1.92 bits per heavy atom. The second-order valence-corrected chi connectivity index (χ2v) is 17.0. The summed E-state index contributed by atoms with van der Waals surface area (Å²) < 4.78 is 68.4. The molecule has 3 aliphatic heterocycles. The summed E-state index contributed by atoms with van der Waals surface area (Å²) in [4.78, 5) is 27.0. The molecule has 48 heavy (non-hydrogen) atoms. The fraction of sp³-hybridized carbons (Fsp3) is 0.657. The number of hydrogen-bond donors (Lipinski definition) is 3. The maximum Gasteiger partial charge on any atom is 0.407 e. The highest BCUT2D eigenvalue weighted by Crippen LogP contribution is 2.41. The van der Waals surface area contributed by atoms with Crippen LogP contribution in [0.3, 0.4) is 0 Å². The van der Waals surface area contributed by atoms with Gasteiger partial charge in [0, 0.05) is 36.4 Å². The van der Waals surface area contributed by atoms with Crippen LogP contribution in [0.4, 0.5) is 19.3 Å². The molecule has 3 saturated heterocycles. The van der Waals surface area contributed by atoms with Crippen molar-refractivity contribution in [2.75, 3.05) is 25.5 Å². The maximum absolute atomic E-state index is 15.5. The molecule has 13 heteroatoms. The van der Waals surface area contributed by atoms with Gasteiger partial charge in [0.1, 0.15) is 17.7 Å². The van der Waals surface area contributed by atoms with E-state index >= 15 is 4.39 Å². The number of carbonyl (C=O) groups is 2. The van der Waals surface area contributed by atoms with Crippen molar-refractivity contribution in [3.05, 3.63) is 53.6 Å². The van der Waals surface area contributed by atoms with E-state index in [4.69, 9.17) is 9.47 Å². The second-order valence-electron chi connectivity index (χ2n) is 14.5. The van der Waals surface area contributed by atoms with Crippen molar-refractivity contribution in [2.45, 2.75) is 108 Å². The van der Waals surface area contributed by atoms with E-state index in [1.807, 2.05) is 13.8 Å². The minimum absolute atomic E-state index is 0.0599. The van der Waals surface area contributed by atoms with Gasteiger partial charge in [-0.25, -0.2) is 22.0 Å². The molecular weight excluding hydrogens is 642 g/mol. The summed E-state index contributed by atoms with van der Waals surface area (Å²) in [7, 11) is -2.38. The van der Waals surface area contributed by atoms with Crippen molar-refractivity contribution in [3.8, 4) is 0 Å². The topological polar surface area (TPSA) is 126 Å². The number of alkyl carbamates (subject to hydrolysis) is 1. The van der Waals surface area contributed by atoms with Crippen molar-refractivity contribution in [2.24, 2.45) is 17.8 Å². The van der Waals surface area contributed by atoms with E-state index in [1.54, 1.807) is 30.3 Å². The van der Waals surface area contributed by atoms with Crippen molar-refractivity contribution in [3.63, 3.8) is 0 Å². The van der Waals surface area contributed by atoms with Gasteiger partial charge in [-0.2, -0.15) is 4.31 Å². The largest absolute Gasteiger partial charge is 0.453 e. The average Bonchev–Trinajstić information content (AvgIpc) is 3.09. The van der Waals surface area contributed by atoms with E-state index in [-0.39, 0.29) is 59.6 Å². The number of amides is 2. The Morgan fingerprint density at radius 1 is 1.19 bits per heavy atom. The number of nitrogens with one attached hydrogen (secondary N) is 3. The number of sulfonamides is 1. The van der Waals surface area contributed by atoms with Crippen LogP contribution in [0.15, 0.2) is 42.3 Å². The number of ether oxygens (including phenoxy) is 2. The van der Waals surface area contributed by atoms with Crippen molar-refractivity contribution >= 4 is 27.7 Å². The molecule has 0 spiro atoms. The first-order chi connectivity index (χ1) is 22.7. The molecule has 1 aromatic carbocycles. The molecule has 2 amide bonds. The van der Waals surface area contributed by atoms with Gasteiger partial charge >= 0.3 is 6.09 Å². The third-order valence-corrected chi connectivity index (χ3v) is 13.3. The van der Waals surface area contributed by atoms with Gasteiger partial charge in [-0.1, -0.05) is 12.1 Å². The van der Waals surface area contributed by atoms with E-state index < -0.39 is 44.5 Å². The van der Waals surface area contributed by atoms with Crippen LogP contribution in [0.2, 0.25) is 0 Å². The van der Waals surface area contributed by atoms with Gasteiger partial charge in [-0.15, -0.1) is 0 Å². The summed E-state index contributed by atoms with van der Waals surface area (Å²) in [5.41, 5.74) is 0.499. The van der Waals surface area contributed by atoms with Gasteiger partial charge in [0.2, 0.25) is 15.9 Å². The lowest BCUT2D eigenvalue weighted by Crippen LogP contribution is -2.58. The molecule has 0 saturated carbocycles. The number of anilines is 1. The lowest BCUT2D eigenvalue weighted by Gasteiger charge is -2.42. The Bertz CT molecular complexity index is 1510. The van der Waals surface area contributed by atoms with Gasteiger partial charge in [0.05, 0.1) is 24.1 Å². The lowest BCUT2D eigenvalue weighted by molar-refractivity contribution is -0.122. The highest BCUT2D eigenvalue weighted by molar-refractivity contribution is 7.90. The number of allylic oxidation sites excluding steroid dienone is 4. The van der Waals surface area contributed by atoms with Crippen molar-refractivity contribution in [1.82, 2.24) is 14.9 Å². The van der Waals surface area contributed by atoms with Crippen molar-refractivity contribution in [1.29, 1.82) is 0 Å². The zero-order valence-electron chi connectivity index (χ0n) is 28.5. The SMILES string of the molecule is COC(=O)NC(C(=O)Nc1cccc(F)c1CCC1CNC2CCC(C)(C)S(=O)(=O)N1C2)C(C1C=CC(F)=CC1)C1CC(C)OC(C)C1. The molecule has 8 unspecified atom stereocenters. The normalized spacial score (nSPS) is 32.2. The highest BCUT2D eigenvalue weighted by atomic mass is 32.2. The van der Waals surface area contributed by atoms with E-state index in [2.05, 4.69) is 16.0 Å². The molecule has 3 fully saturated rings. The molecule has 2 bridgehead atoms. The summed E-state index contributed by atoms with van der Waals surface area (Å²) in [6.45, 7) is 8.28. The zero-order chi connectivity index (χ0) is 34.8. The van der Waals surface area contributed by atoms with Crippen LogP contribution in [-0.2, 0) is 30.7 Å². The third kappa shape index (κ3) is 7.95. The van der Waals surface area contributed by atoms with E-state index in [0.29, 0.717) is 45.2 Å². The number of nitrogens with zero attached hydrogens (tertiary/aromatic N) is 1. The quantitative estimate of drug-likeness (QED) is 0.324. The van der Waals surface area contributed by atoms with Crippen LogP contribution in [-0.4, -0.2) is 80.0 Å². The van der Waals surface area contributed by atoms with Gasteiger partial charge in [0.25, 0.3) is 0 Å². The highest BCUT2D eigenvalue weighted by Gasteiger charge is 2.48. The Kier molecular flexibility index (Phi) is 11.3. The number of halogens is 2. The summed E-state index contributed by atoms with van der Waals surface area (Å²) >= 11 is 0. The van der Waals surface area contributed by atoms with Gasteiger partial charge < -0.3 is 25.4 Å². The molecule has 10 nitrogen and oxygen atoms in total. The first-order valence-corrected chi connectivity index (χ1v) is 18.5. The Labute approximate surface area is 283 Å². The molecule has 3 N–H and O–H groups in total. The van der Waals surface area contributed by atoms with Crippen LogP contribution in [0, 0.1) is 23.6 Å². The predicted molar refractivity (Wildman–Crippen MR) is 180 cm³/mol. The molecule has 3 heterocycles. The minimum atomic E-state index is -3.59. The Hall–Kier alpha value is -2.87. The van der Waals surface area contributed by atoms with Crippen molar-refractivity contribution < 1.29 is 36.3 Å². The second kappa shape index (κ2) is 14.9. The molecule has 266 valence electrons. The molecule has 0 aromatic heterocycles. The summed E-state index contributed by atoms with van der Waals surface area (Å²) in [6, 6.07) is 3.03. The van der Waals surface area contributed by atoms with Crippen LogP contribution in [0.5, 0.6) is 0 Å². The zero-order valence-corrected chi connectivity index (χ0v) is 29.3. The first kappa shape index (κ1) is 36.4. The summed E-state index contributed by atoms with van der Waals surface area (Å²) in [5.74, 6) is -2.21. The molecular formula is C35H50F2N4O6S. The lowest BCUT2D eigenvalue weighted by atomic mass is 9.69. The minimum Gasteiger partial charge on any atom is -0.453 e. The van der Waals surface area contributed by atoms with Gasteiger partial charge in [0.15, 0.2) is 0 Å². The number of hydrogen-bond acceptors (Lipinski definition) is 7. The Balaban J connectivity index is 1.41. The predicted octanol–water partition coefficient (Wildman–Crippen LogP) is 5.22. The molecule has 1 aromatic rings. The summed E-state index contributed by atoms with van der Waals surface area (Å²) in [5, 5.41) is 9.12. The molecule has 1 aliphatic carbocycles. The number of rotatable bonds is 9. The van der Waals surface area contributed by atoms with Crippen LogP contribution >= 0.6 is 0 Å². The number of benzene rings is 1. The van der Waals surface area contributed by atoms with Crippen LogP contribution in [0.25, 0.3) is 0 Å². The molecule has 4 aliphatic rings. The molecule has 8 atom stereocenters. The first-order valence-electron chi connectivity index (χ1n) is 17.1. The third-order valence-electron chi connectivity index (χ3n) is 10.6. The summed E-state index contributed by atoms with van der Waals surface area (Å²) in [6.07, 6.45) is 7.10. The molecule has 5 rings (SSSR count). The van der Waals surface area contributed by atoms with Gasteiger partial charge in [-0.05, 0) is 115 Å². The Morgan fingerprint density at radius 3 is 2.58 bits per heavy atom.